The molecule has 1 saturated heterocycles. The Labute approximate surface area is 198 Å². The maximum atomic E-state index is 13.5. The molecule has 1 aliphatic heterocycles. The highest BCUT2D eigenvalue weighted by atomic mass is 79.9. The summed E-state index contributed by atoms with van der Waals surface area (Å²) in [5.41, 5.74) is -0.779. The molecule has 0 radical (unpaired) electrons. The van der Waals surface area contributed by atoms with Gasteiger partial charge in [-0.15, -0.1) is 0 Å². The Bertz CT molecular complexity index is 1100. The number of carbonyl (C=O) groups is 3. The number of anilines is 1. The highest BCUT2D eigenvalue weighted by molar-refractivity contribution is 9.10. The Morgan fingerprint density at radius 1 is 1.25 bits per heavy atom. The molecule has 3 rings (SSSR count). The predicted molar refractivity (Wildman–Crippen MR) is 124 cm³/mol. The Morgan fingerprint density at radius 3 is 2.44 bits per heavy atom. The predicted octanol–water partition coefficient (Wildman–Crippen LogP) is 4.97. The normalized spacial score (nSPS) is 16.4. The molecule has 0 bridgehead atoms. The highest BCUT2D eigenvalue weighted by Gasteiger charge is 2.48. The minimum Gasteiger partial charge on any atom is -0.321 e. The quantitative estimate of drug-likeness (QED) is 0.303. The lowest BCUT2D eigenvalue weighted by Gasteiger charge is -2.41. The lowest BCUT2D eigenvalue weighted by atomic mass is 9.94. The van der Waals surface area contributed by atoms with E-state index in [-0.39, 0.29) is 17.0 Å². The van der Waals surface area contributed by atoms with Gasteiger partial charge in [0.15, 0.2) is 0 Å². The molecule has 0 N–H and O–H groups in total. The van der Waals surface area contributed by atoms with E-state index in [1.165, 1.54) is 17.0 Å². The number of nitro groups is 1. The van der Waals surface area contributed by atoms with Crippen molar-refractivity contribution in [3.63, 3.8) is 0 Å². The Morgan fingerprint density at radius 2 is 1.88 bits per heavy atom. The van der Waals surface area contributed by atoms with Gasteiger partial charge in [0.2, 0.25) is 5.91 Å². The summed E-state index contributed by atoms with van der Waals surface area (Å²) in [6.45, 7) is 5.43. The molecule has 1 atom stereocenters. The van der Waals surface area contributed by atoms with E-state index in [0.717, 1.165) is 15.4 Å². The van der Waals surface area contributed by atoms with E-state index in [1.54, 1.807) is 38.1 Å². The number of amides is 3. The minimum atomic E-state index is -1.04. The van der Waals surface area contributed by atoms with Crippen molar-refractivity contribution in [3.8, 4) is 0 Å². The molecular formula is C22H21BrClN3O5. The molecule has 1 fully saturated rings. The van der Waals surface area contributed by atoms with Crippen LogP contribution in [0.3, 0.4) is 0 Å². The first-order valence-corrected chi connectivity index (χ1v) is 11.0. The van der Waals surface area contributed by atoms with Gasteiger partial charge in [-0.2, -0.15) is 0 Å². The highest BCUT2D eigenvalue weighted by Crippen LogP contribution is 2.34. The van der Waals surface area contributed by atoms with Crippen molar-refractivity contribution in [2.45, 2.75) is 45.2 Å². The van der Waals surface area contributed by atoms with E-state index < -0.39 is 39.9 Å². The van der Waals surface area contributed by atoms with Crippen LogP contribution in [-0.2, 0) is 9.59 Å². The fourth-order valence-electron chi connectivity index (χ4n) is 3.61. The van der Waals surface area contributed by atoms with Crippen molar-refractivity contribution in [2.24, 2.45) is 0 Å². The molecule has 0 saturated carbocycles. The molecule has 0 aliphatic carbocycles. The van der Waals surface area contributed by atoms with E-state index >= 15 is 0 Å². The number of hydrogen-bond acceptors (Lipinski definition) is 5. The topological polar surface area (TPSA) is 101 Å². The number of hydrogen-bond donors (Lipinski definition) is 0. The molecule has 0 spiro atoms. The molecule has 1 heterocycles. The van der Waals surface area contributed by atoms with Crippen LogP contribution in [0.4, 0.5) is 11.4 Å². The van der Waals surface area contributed by atoms with Crippen LogP contribution in [0.25, 0.3) is 0 Å². The van der Waals surface area contributed by atoms with E-state index in [1.807, 2.05) is 6.92 Å². The van der Waals surface area contributed by atoms with Crippen LogP contribution in [0, 0.1) is 10.1 Å². The zero-order chi connectivity index (χ0) is 23.8. The molecule has 168 valence electrons. The third kappa shape index (κ3) is 4.40. The zero-order valence-electron chi connectivity index (χ0n) is 17.7. The van der Waals surface area contributed by atoms with Crippen molar-refractivity contribution < 1.29 is 19.3 Å². The number of nitro benzene ring substituents is 1. The lowest BCUT2D eigenvalue weighted by Crippen LogP contribution is -2.55. The van der Waals surface area contributed by atoms with Gasteiger partial charge in [-0.05, 0) is 56.7 Å². The lowest BCUT2D eigenvalue weighted by molar-refractivity contribution is -0.384. The van der Waals surface area contributed by atoms with Crippen molar-refractivity contribution >= 4 is 56.6 Å². The van der Waals surface area contributed by atoms with Gasteiger partial charge in [0.1, 0.15) is 11.1 Å². The molecule has 0 aromatic heterocycles. The van der Waals surface area contributed by atoms with Crippen LogP contribution < -0.4 is 4.90 Å². The van der Waals surface area contributed by atoms with Crippen LogP contribution in [0.15, 0.2) is 46.9 Å². The van der Waals surface area contributed by atoms with Gasteiger partial charge in [0.25, 0.3) is 17.5 Å². The Hall–Kier alpha value is -2.78. The number of rotatable bonds is 6. The third-order valence-electron chi connectivity index (χ3n) is 5.65. The van der Waals surface area contributed by atoms with Crippen molar-refractivity contribution in [1.82, 2.24) is 4.90 Å². The van der Waals surface area contributed by atoms with E-state index in [4.69, 9.17) is 11.6 Å². The van der Waals surface area contributed by atoms with Gasteiger partial charge < -0.3 is 4.90 Å². The first kappa shape index (κ1) is 23.9. The maximum absolute atomic E-state index is 13.5. The molecule has 2 aromatic rings. The second-order valence-electron chi connectivity index (χ2n) is 8.03. The molecule has 8 nitrogen and oxygen atoms in total. The van der Waals surface area contributed by atoms with E-state index in [0.29, 0.717) is 12.1 Å². The van der Waals surface area contributed by atoms with Crippen molar-refractivity contribution in [1.29, 1.82) is 0 Å². The Balaban J connectivity index is 2.03. The van der Waals surface area contributed by atoms with E-state index in [9.17, 15) is 24.5 Å². The summed E-state index contributed by atoms with van der Waals surface area (Å²) >= 11 is 9.21. The molecule has 3 amide bonds. The largest absolute Gasteiger partial charge is 0.321 e. The second-order valence-corrected chi connectivity index (χ2v) is 9.35. The summed E-state index contributed by atoms with van der Waals surface area (Å²) in [5.74, 6) is -1.52. The zero-order valence-corrected chi connectivity index (χ0v) is 20.0. The summed E-state index contributed by atoms with van der Waals surface area (Å²) in [7, 11) is 0. The average Bonchev–Trinajstić information content (AvgIpc) is 3.02. The molecule has 10 heteroatoms. The average molecular weight is 523 g/mol. The number of nitrogens with zero attached hydrogens (tertiary/aromatic N) is 3. The standard InChI is InChI=1S/C22H21BrClN3O5/c1-4-22(2,3)26(20(29)13-5-10-16(24)17(11-13)27(31)32)18-12-19(28)25(21(18)30)15-8-6-14(23)7-9-15/h5-11,18H,4,12H2,1-3H3. The van der Waals surface area contributed by atoms with Gasteiger partial charge in [-0.1, -0.05) is 34.5 Å². The summed E-state index contributed by atoms with van der Waals surface area (Å²) in [6, 6.07) is 9.43. The van der Waals surface area contributed by atoms with Gasteiger partial charge in [0, 0.05) is 21.6 Å². The molecule has 32 heavy (non-hydrogen) atoms. The van der Waals surface area contributed by atoms with Gasteiger partial charge in [0.05, 0.1) is 17.0 Å². The monoisotopic (exact) mass is 521 g/mol. The van der Waals surface area contributed by atoms with Crippen LogP contribution in [0.2, 0.25) is 5.02 Å². The van der Waals surface area contributed by atoms with E-state index in [2.05, 4.69) is 15.9 Å². The fraction of sp³-hybridized carbons (Fsp3) is 0.318. The number of carbonyl (C=O) groups excluding carboxylic acids is 3. The summed E-state index contributed by atoms with van der Waals surface area (Å²) in [6.07, 6.45) is 0.310. The van der Waals surface area contributed by atoms with Crippen LogP contribution in [0.1, 0.15) is 44.0 Å². The minimum absolute atomic E-state index is 0.0185. The third-order valence-corrected chi connectivity index (χ3v) is 6.49. The summed E-state index contributed by atoms with van der Waals surface area (Å²) < 4.78 is 0.796. The molecule has 1 unspecified atom stereocenters. The van der Waals surface area contributed by atoms with Gasteiger partial charge in [-0.25, -0.2) is 4.90 Å². The number of benzene rings is 2. The first-order chi connectivity index (χ1) is 15.0. The fourth-order valence-corrected chi connectivity index (χ4v) is 4.06. The second kappa shape index (κ2) is 8.99. The number of imide groups is 1. The summed E-state index contributed by atoms with van der Waals surface area (Å²) in [5, 5.41) is 11.2. The van der Waals surface area contributed by atoms with Crippen LogP contribution in [-0.4, -0.2) is 39.1 Å². The molecule has 1 aliphatic rings. The summed E-state index contributed by atoms with van der Waals surface area (Å²) in [4.78, 5) is 52.7. The smallest absolute Gasteiger partial charge is 0.288 e. The maximum Gasteiger partial charge on any atom is 0.288 e. The van der Waals surface area contributed by atoms with Crippen molar-refractivity contribution in [3.05, 3.63) is 67.6 Å². The van der Waals surface area contributed by atoms with Crippen molar-refractivity contribution in [2.75, 3.05) is 4.90 Å². The van der Waals surface area contributed by atoms with Gasteiger partial charge >= 0.3 is 0 Å². The number of halogens is 2. The first-order valence-electron chi connectivity index (χ1n) is 9.88. The molecule has 2 aromatic carbocycles. The SMILES string of the molecule is CCC(C)(C)N(C(=O)c1ccc(Cl)c([N+](=O)[O-])c1)C1CC(=O)N(c2ccc(Br)cc2)C1=O. The van der Waals surface area contributed by atoms with Gasteiger partial charge in [-0.3, -0.25) is 24.5 Å². The van der Waals surface area contributed by atoms with Crippen LogP contribution >= 0.6 is 27.5 Å². The Kier molecular flexibility index (Phi) is 6.71. The molecular weight excluding hydrogens is 502 g/mol. The van der Waals surface area contributed by atoms with Crippen LogP contribution in [0.5, 0.6) is 0 Å².